The molecule has 3 nitrogen and oxygen atoms in total. The molecule has 1 heterocycles. The SMILES string of the molecule is CCNC(C)c1cccnc1Oc1cc(Br)ccc1F. The van der Waals surface area contributed by atoms with Crippen LogP contribution in [0, 0.1) is 5.82 Å². The molecule has 1 aromatic heterocycles. The van der Waals surface area contributed by atoms with E-state index < -0.39 is 5.82 Å². The van der Waals surface area contributed by atoms with Crippen LogP contribution in [0.15, 0.2) is 41.0 Å². The molecule has 106 valence electrons. The molecule has 1 unspecified atom stereocenters. The average Bonchev–Trinajstić information content (AvgIpc) is 2.44. The lowest BCUT2D eigenvalue weighted by molar-refractivity contribution is 0.414. The lowest BCUT2D eigenvalue weighted by Gasteiger charge is -2.16. The highest BCUT2D eigenvalue weighted by molar-refractivity contribution is 9.10. The number of rotatable bonds is 5. The molecule has 0 aliphatic heterocycles. The van der Waals surface area contributed by atoms with Gasteiger partial charge in [-0.1, -0.05) is 28.9 Å². The van der Waals surface area contributed by atoms with E-state index in [4.69, 9.17) is 4.74 Å². The maximum absolute atomic E-state index is 13.7. The van der Waals surface area contributed by atoms with E-state index in [0.29, 0.717) is 5.88 Å². The molecule has 0 aliphatic rings. The van der Waals surface area contributed by atoms with Crippen LogP contribution >= 0.6 is 15.9 Å². The standard InChI is InChI=1S/C15H16BrFN2O/c1-3-18-10(2)12-5-4-8-19-15(12)20-14-9-11(16)6-7-13(14)17/h4-10,18H,3H2,1-2H3. The van der Waals surface area contributed by atoms with Crippen LogP contribution in [0.3, 0.4) is 0 Å². The summed E-state index contributed by atoms with van der Waals surface area (Å²) >= 11 is 3.30. The van der Waals surface area contributed by atoms with Gasteiger partial charge in [0.15, 0.2) is 11.6 Å². The summed E-state index contributed by atoms with van der Waals surface area (Å²) in [6, 6.07) is 8.42. The predicted octanol–water partition coefficient (Wildman–Crippen LogP) is 4.45. The molecular formula is C15H16BrFN2O. The Morgan fingerprint density at radius 1 is 1.40 bits per heavy atom. The highest BCUT2D eigenvalue weighted by Gasteiger charge is 2.14. The summed E-state index contributed by atoms with van der Waals surface area (Å²) in [7, 11) is 0. The van der Waals surface area contributed by atoms with Crippen molar-refractivity contribution in [2.24, 2.45) is 0 Å². The molecule has 0 amide bonds. The van der Waals surface area contributed by atoms with Gasteiger partial charge in [-0.25, -0.2) is 9.37 Å². The van der Waals surface area contributed by atoms with Crippen molar-refractivity contribution in [3.63, 3.8) is 0 Å². The molecule has 0 saturated heterocycles. The van der Waals surface area contributed by atoms with Crippen molar-refractivity contribution in [3.8, 4) is 11.6 Å². The number of nitrogens with zero attached hydrogens (tertiary/aromatic N) is 1. The first kappa shape index (κ1) is 14.9. The van der Waals surface area contributed by atoms with Crippen LogP contribution < -0.4 is 10.1 Å². The zero-order valence-electron chi connectivity index (χ0n) is 11.4. The van der Waals surface area contributed by atoms with Crippen LogP contribution in [0.2, 0.25) is 0 Å². The van der Waals surface area contributed by atoms with Crippen molar-refractivity contribution < 1.29 is 9.13 Å². The smallest absolute Gasteiger partial charge is 0.224 e. The first-order valence-corrected chi connectivity index (χ1v) is 7.22. The molecule has 1 atom stereocenters. The van der Waals surface area contributed by atoms with Gasteiger partial charge < -0.3 is 10.1 Å². The maximum atomic E-state index is 13.7. The van der Waals surface area contributed by atoms with Crippen molar-refractivity contribution in [1.29, 1.82) is 0 Å². The predicted molar refractivity (Wildman–Crippen MR) is 80.5 cm³/mol. The summed E-state index contributed by atoms with van der Waals surface area (Å²) < 4.78 is 20.1. The van der Waals surface area contributed by atoms with Gasteiger partial charge in [-0.2, -0.15) is 0 Å². The van der Waals surface area contributed by atoms with E-state index >= 15 is 0 Å². The second-order valence-electron chi connectivity index (χ2n) is 4.35. The van der Waals surface area contributed by atoms with E-state index in [0.717, 1.165) is 16.6 Å². The van der Waals surface area contributed by atoms with Gasteiger partial charge in [0.2, 0.25) is 5.88 Å². The largest absolute Gasteiger partial charge is 0.436 e. The summed E-state index contributed by atoms with van der Waals surface area (Å²) in [6.45, 7) is 4.88. The van der Waals surface area contributed by atoms with E-state index in [1.165, 1.54) is 6.07 Å². The van der Waals surface area contributed by atoms with E-state index in [1.54, 1.807) is 18.3 Å². The summed E-state index contributed by atoms with van der Waals surface area (Å²) in [4.78, 5) is 4.20. The fourth-order valence-electron chi connectivity index (χ4n) is 1.89. The lowest BCUT2D eigenvalue weighted by Crippen LogP contribution is -2.18. The molecule has 0 radical (unpaired) electrons. The van der Waals surface area contributed by atoms with Gasteiger partial charge in [0.25, 0.3) is 0 Å². The van der Waals surface area contributed by atoms with Crippen LogP contribution in [0.5, 0.6) is 11.6 Å². The number of hydrogen-bond donors (Lipinski definition) is 1. The minimum Gasteiger partial charge on any atom is -0.436 e. The van der Waals surface area contributed by atoms with Gasteiger partial charge in [0.05, 0.1) is 0 Å². The first-order chi connectivity index (χ1) is 9.61. The van der Waals surface area contributed by atoms with E-state index in [-0.39, 0.29) is 11.8 Å². The third kappa shape index (κ3) is 3.55. The molecule has 0 aliphatic carbocycles. The third-order valence-electron chi connectivity index (χ3n) is 2.88. The Morgan fingerprint density at radius 3 is 2.95 bits per heavy atom. The van der Waals surface area contributed by atoms with Crippen LogP contribution in [0.25, 0.3) is 0 Å². The minimum atomic E-state index is -0.416. The Bertz CT molecular complexity index is 592. The van der Waals surface area contributed by atoms with Gasteiger partial charge in [0.1, 0.15) is 0 Å². The van der Waals surface area contributed by atoms with Crippen molar-refractivity contribution >= 4 is 15.9 Å². The minimum absolute atomic E-state index is 0.0823. The van der Waals surface area contributed by atoms with Crippen molar-refractivity contribution in [3.05, 3.63) is 52.4 Å². The van der Waals surface area contributed by atoms with Crippen molar-refractivity contribution in [2.75, 3.05) is 6.54 Å². The quantitative estimate of drug-likeness (QED) is 0.874. The molecule has 2 rings (SSSR count). The van der Waals surface area contributed by atoms with Crippen LogP contribution in [0.1, 0.15) is 25.5 Å². The van der Waals surface area contributed by atoms with Crippen LogP contribution in [-0.4, -0.2) is 11.5 Å². The van der Waals surface area contributed by atoms with Gasteiger partial charge >= 0.3 is 0 Å². The van der Waals surface area contributed by atoms with Gasteiger partial charge in [0, 0.05) is 22.3 Å². The second-order valence-corrected chi connectivity index (χ2v) is 5.27. The zero-order valence-corrected chi connectivity index (χ0v) is 12.9. The average molecular weight is 339 g/mol. The summed E-state index contributed by atoms with van der Waals surface area (Å²) in [6.07, 6.45) is 1.63. The van der Waals surface area contributed by atoms with Crippen LogP contribution in [-0.2, 0) is 0 Å². The zero-order chi connectivity index (χ0) is 14.5. The normalized spacial score (nSPS) is 12.2. The van der Waals surface area contributed by atoms with Crippen molar-refractivity contribution in [1.82, 2.24) is 10.3 Å². The maximum Gasteiger partial charge on any atom is 0.224 e. The second kappa shape index (κ2) is 6.81. The van der Waals surface area contributed by atoms with Gasteiger partial charge in [-0.05, 0) is 37.7 Å². The molecule has 0 spiro atoms. The Labute approximate surface area is 126 Å². The highest BCUT2D eigenvalue weighted by Crippen LogP contribution is 2.30. The molecule has 2 aromatic rings. The fourth-order valence-corrected chi connectivity index (χ4v) is 2.23. The number of pyridine rings is 1. The fraction of sp³-hybridized carbons (Fsp3) is 0.267. The number of ether oxygens (including phenoxy) is 1. The van der Waals surface area contributed by atoms with E-state index in [2.05, 4.69) is 26.2 Å². The first-order valence-electron chi connectivity index (χ1n) is 6.43. The summed E-state index contributed by atoms with van der Waals surface area (Å²) in [5, 5.41) is 3.29. The topological polar surface area (TPSA) is 34.2 Å². The Hall–Kier alpha value is -1.46. The van der Waals surface area contributed by atoms with Gasteiger partial charge in [-0.15, -0.1) is 0 Å². The lowest BCUT2D eigenvalue weighted by atomic mass is 10.1. The monoisotopic (exact) mass is 338 g/mol. The van der Waals surface area contributed by atoms with E-state index in [9.17, 15) is 4.39 Å². The summed E-state index contributed by atoms with van der Waals surface area (Å²) in [5.74, 6) is 0.155. The molecule has 1 aromatic carbocycles. The summed E-state index contributed by atoms with van der Waals surface area (Å²) in [5.41, 5.74) is 0.897. The Balaban J connectivity index is 2.31. The number of benzene rings is 1. The number of aromatic nitrogens is 1. The van der Waals surface area contributed by atoms with Gasteiger partial charge in [-0.3, -0.25) is 0 Å². The molecule has 20 heavy (non-hydrogen) atoms. The van der Waals surface area contributed by atoms with Crippen molar-refractivity contribution in [2.45, 2.75) is 19.9 Å². The number of halogens is 2. The molecule has 0 bridgehead atoms. The molecule has 1 N–H and O–H groups in total. The molecular weight excluding hydrogens is 323 g/mol. The molecule has 5 heteroatoms. The van der Waals surface area contributed by atoms with Crippen LogP contribution in [0.4, 0.5) is 4.39 Å². The number of hydrogen-bond acceptors (Lipinski definition) is 3. The Morgan fingerprint density at radius 2 is 2.20 bits per heavy atom. The molecule has 0 saturated carbocycles. The number of nitrogens with one attached hydrogen (secondary N) is 1. The molecule has 0 fully saturated rings. The highest BCUT2D eigenvalue weighted by atomic mass is 79.9. The van der Waals surface area contributed by atoms with E-state index in [1.807, 2.05) is 26.0 Å². The Kier molecular flexibility index (Phi) is 5.09. The third-order valence-corrected chi connectivity index (χ3v) is 3.37.